The summed E-state index contributed by atoms with van der Waals surface area (Å²) in [4.78, 5) is 25.9. The molecule has 106 valence electrons. The molecule has 3 nitrogen and oxygen atoms in total. The van der Waals surface area contributed by atoms with Gasteiger partial charge in [-0.05, 0) is 30.4 Å². The number of halogens is 3. The SMILES string of the molecule is O=C1C(=O)N(CC2(CBr)CCC2)c2c(Cl)ccc(Cl)c21. The molecular weight excluding hydrogens is 365 g/mol. The van der Waals surface area contributed by atoms with Crippen LogP contribution in [0.15, 0.2) is 12.1 Å². The van der Waals surface area contributed by atoms with E-state index in [1.807, 2.05) is 0 Å². The largest absolute Gasteiger partial charge is 0.303 e. The molecule has 6 heteroatoms. The van der Waals surface area contributed by atoms with Crippen LogP contribution in [0.5, 0.6) is 0 Å². The van der Waals surface area contributed by atoms with Gasteiger partial charge >= 0.3 is 0 Å². The van der Waals surface area contributed by atoms with Crippen LogP contribution < -0.4 is 4.90 Å². The van der Waals surface area contributed by atoms with Crippen molar-refractivity contribution in [2.24, 2.45) is 5.41 Å². The lowest BCUT2D eigenvalue weighted by Crippen LogP contribution is -2.45. The molecule has 0 atom stereocenters. The predicted octanol–water partition coefficient (Wildman–Crippen LogP) is 4.09. The number of carbonyl (C=O) groups is 2. The first-order valence-corrected chi connectivity index (χ1v) is 8.27. The fraction of sp³-hybridized carbons (Fsp3) is 0.429. The number of ketones is 1. The Morgan fingerprint density at radius 2 is 1.85 bits per heavy atom. The second kappa shape index (κ2) is 5.00. The third-order valence-corrected chi connectivity index (χ3v) is 6.01. The molecule has 0 unspecified atom stereocenters. The Balaban J connectivity index is 2.04. The van der Waals surface area contributed by atoms with Crippen LogP contribution in [0.25, 0.3) is 0 Å². The maximum absolute atomic E-state index is 12.2. The molecule has 0 spiro atoms. The van der Waals surface area contributed by atoms with Crippen molar-refractivity contribution < 1.29 is 9.59 Å². The van der Waals surface area contributed by atoms with Gasteiger partial charge in [-0.25, -0.2) is 0 Å². The minimum Gasteiger partial charge on any atom is -0.303 e. The highest BCUT2D eigenvalue weighted by Gasteiger charge is 2.45. The molecule has 0 saturated heterocycles. The van der Waals surface area contributed by atoms with Gasteiger partial charge in [0.2, 0.25) is 0 Å². The number of nitrogens with zero attached hydrogens (tertiary/aromatic N) is 1. The highest BCUT2D eigenvalue weighted by Crippen LogP contribution is 2.47. The first-order valence-electron chi connectivity index (χ1n) is 6.39. The maximum atomic E-state index is 12.2. The number of alkyl halides is 1. The Labute approximate surface area is 135 Å². The minimum absolute atomic E-state index is 0.0448. The van der Waals surface area contributed by atoms with Crippen molar-refractivity contribution in [1.29, 1.82) is 0 Å². The zero-order valence-electron chi connectivity index (χ0n) is 10.6. The standard InChI is InChI=1S/C14H12BrCl2NO2/c15-6-14(4-1-5-14)7-18-11-9(17)3-2-8(16)10(11)12(19)13(18)20/h2-3H,1,4-7H2. The molecule has 20 heavy (non-hydrogen) atoms. The van der Waals surface area contributed by atoms with Crippen molar-refractivity contribution >= 4 is 56.5 Å². The smallest absolute Gasteiger partial charge is 0.299 e. The van der Waals surface area contributed by atoms with E-state index >= 15 is 0 Å². The quantitative estimate of drug-likeness (QED) is 0.588. The Morgan fingerprint density at radius 1 is 1.20 bits per heavy atom. The Morgan fingerprint density at radius 3 is 2.40 bits per heavy atom. The normalized spacial score (nSPS) is 20.1. The van der Waals surface area contributed by atoms with E-state index in [9.17, 15) is 9.59 Å². The van der Waals surface area contributed by atoms with Crippen molar-refractivity contribution in [2.45, 2.75) is 19.3 Å². The van der Waals surface area contributed by atoms with Crippen LogP contribution in [0.3, 0.4) is 0 Å². The van der Waals surface area contributed by atoms with E-state index in [1.165, 1.54) is 4.90 Å². The lowest BCUT2D eigenvalue weighted by molar-refractivity contribution is -0.114. The van der Waals surface area contributed by atoms with Crippen LogP contribution in [0.4, 0.5) is 5.69 Å². The number of Topliss-reactive ketones (excluding diaryl/α,β-unsaturated/α-hetero) is 1. The van der Waals surface area contributed by atoms with Crippen molar-refractivity contribution in [3.05, 3.63) is 27.7 Å². The summed E-state index contributed by atoms with van der Waals surface area (Å²) in [7, 11) is 0. The summed E-state index contributed by atoms with van der Waals surface area (Å²) in [6.45, 7) is 0.510. The van der Waals surface area contributed by atoms with Crippen LogP contribution in [0.1, 0.15) is 29.6 Å². The average molecular weight is 377 g/mol. The zero-order chi connectivity index (χ0) is 14.5. The van der Waals surface area contributed by atoms with Gasteiger partial charge in [0, 0.05) is 11.9 Å². The second-order valence-electron chi connectivity index (χ2n) is 5.46. The third-order valence-electron chi connectivity index (χ3n) is 4.21. The van der Waals surface area contributed by atoms with Gasteiger partial charge in [-0.3, -0.25) is 9.59 Å². The Kier molecular flexibility index (Phi) is 3.59. The summed E-state index contributed by atoms with van der Waals surface area (Å²) in [6.07, 6.45) is 3.24. The van der Waals surface area contributed by atoms with E-state index in [0.29, 0.717) is 17.3 Å². The van der Waals surface area contributed by atoms with Gasteiger partial charge in [-0.2, -0.15) is 0 Å². The molecule has 1 aromatic rings. The van der Waals surface area contributed by atoms with Gasteiger partial charge < -0.3 is 4.90 Å². The molecule has 1 heterocycles. The first-order chi connectivity index (χ1) is 9.49. The number of rotatable bonds is 3. The molecule has 0 radical (unpaired) electrons. The van der Waals surface area contributed by atoms with E-state index in [1.54, 1.807) is 12.1 Å². The van der Waals surface area contributed by atoms with Gasteiger partial charge in [0.05, 0.1) is 21.3 Å². The summed E-state index contributed by atoms with van der Waals surface area (Å²) in [6, 6.07) is 3.18. The van der Waals surface area contributed by atoms with Gasteiger partial charge in [-0.1, -0.05) is 45.6 Å². The molecule has 0 aromatic heterocycles. The van der Waals surface area contributed by atoms with Crippen molar-refractivity contribution in [1.82, 2.24) is 0 Å². The van der Waals surface area contributed by atoms with E-state index < -0.39 is 11.7 Å². The molecule has 1 saturated carbocycles. The number of anilines is 1. The van der Waals surface area contributed by atoms with E-state index in [4.69, 9.17) is 23.2 Å². The number of carbonyl (C=O) groups excluding carboxylic acids is 2. The molecule has 1 aromatic carbocycles. The fourth-order valence-electron chi connectivity index (χ4n) is 2.85. The molecule has 1 aliphatic carbocycles. The van der Waals surface area contributed by atoms with Crippen molar-refractivity contribution in [2.75, 3.05) is 16.8 Å². The van der Waals surface area contributed by atoms with Crippen molar-refractivity contribution in [3.8, 4) is 0 Å². The van der Waals surface area contributed by atoms with Crippen LogP contribution in [0, 0.1) is 5.41 Å². The molecule has 1 aliphatic heterocycles. The summed E-state index contributed by atoms with van der Waals surface area (Å²) < 4.78 is 0. The molecule has 2 aliphatic rings. The molecular formula is C14H12BrCl2NO2. The van der Waals surface area contributed by atoms with E-state index in [-0.39, 0.29) is 16.0 Å². The van der Waals surface area contributed by atoms with Crippen LogP contribution >= 0.6 is 39.1 Å². The van der Waals surface area contributed by atoms with Crippen LogP contribution in [-0.4, -0.2) is 23.6 Å². The summed E-state index contributed by atoms with van der Waals surface area (Å²) >= 11 is 15.8. The lowest BCUT2D eigenvalue weighted by Gasteiger charge is -2.43. The number of benzene rings is 1. The fourth-order valence-corrected chi connectivity index (χ4v) is 4.08. The van der Waals surface area contributed by atoms with Gasteiger partial charge in [0.25, 0.3) is 11.7 Å². The lowest BCUT2D eigenvalue weighted by atomic mass is 9.70. The molecule has 3 rings (SSSR count). The molecule has 1 fully saturated rings. The number of hydrogen-bond acceptors (Lipinski definition) is 2. The Bertz CT molecular complexity index is 608. The first kappa shape index (κ1) is 14.4. The monoisotopic (exact) mass is 375 g/mol. The summed E-state index contributed by atoms with van der Waals surface area (Å²) in [5.41, 5.74) is 0.762. The van der Waals surface area contributed by atoms with Crippen molar-refractivity contribution in [3.63, 3.8) is 0 Å². The minimum atomic E-state index is -0.559. The summed E-state index contributed by atoms with van der Waals surface area (Å²) in [5, 5.41) is 1.49. The second-order valence-corrected chi connectivity index (χ2v) is 6.84. The third kappa shape index (κ3) is 2.00. The maximum Gasteiger partial charge on any atom is 0.299 e. The summed E-state index contributed by atoms with van der Waals surface area (Å²) in [5.74, 6) is -1.08. The van der Waals surface area contributed by atoms with Crippen LogP contribution in [-0.2, 0) is 4.79 Å². The topological polar surface area (TPSA) is 37.4 Å². The van der Waals surface area contributed by atoms with E-state index in [2.05, 4.69) is 15.9 Å². The predicted molar refractivity (Wildman–Crippen MR) is 83.2 cm³/mol. The van der Waals surface area contributed by atoms with E-state index in [0.717, 1.165) is 24.6 Å². The van der Waals surface area contributed by atoms with Gasteiger partial charge in [0.15, 0.2) is 0 Å². The average Bonchev–Trinajstić information content (AvgIpc) is 2.64. The van der Waals surface area contributed by atoms with Crippen LogP contribution in [0.2, 0.25) is 10.0 Å². The number of hydrogen-bond donors (Lipinski definition) is 0. The highest BCUT2D eigenvalue weighted by molar-refractivity contribution is 9.09. The van der Waals surface area contributed by atoms with Gasteiger partial charge in [-0.15, -0.1) is 0 Å². The highest BCUT2D eigenvalue weighted by atomic mass is 79.9. The molecule has 1 amide bonds. The number of fused-ring (bicyclic) bond motifs is 1. The molecule has 0 bridgehead atoms. The van der Waals surface area contributed by atoms with Gasteiger partial charge in [0.1, 0.15) is 0 Å². The zero-order valence-corrected chi connectivity index (χ0v) is 13.7. The Hall–Kier alpha value is -0.580. The molecule has 0 N–H and O–H groups in total. The number of amides is 1.